The molecular weight excluding hydrogens is 349 g/mol. The first-order valence-electron chi connectivity index (χ1n) is 7.95. The molecule has 4 rings (SSSR count). The fourth-order valence-electron chi connectivity index (χ4n) is 3.44. The van der Waals surface area contributed by atoms with E-state index in [-0.39, 0.29) is 18.6 Å². The summed E-state index contributed by atoms with van der Waals surface area (Å²) in [6.07, 6.45) is 2.28. The smallest absolute Gasteiger partial charge is 0.231 e. The maximum atomic E-state index is 10.6. The van der Waals surface area contributed by atoms with Crippen LogP contribution in [-0.4, -0.2) is 29.9 Å². The number of ether oxygens (including phenoxy) is 2. The summed E-state index contributed by atoms with van der Waals surface area (Å²) >= 11 is 12.3. The molecule has 24 heavy (non-hydrogen) atoms. The molecule has 126 valence electrons. The zero-order chi connectivity index (χ0) is 16.7. The second-order valence-corrected chi connectivity index (χ2v) is 6.90. The molecule has 0 spiro atoms. The molecule has 2 aliphatic heterocycles. The van der Waals surface area contributed by atoms with Gasteiger partial charge in [0.1, 0.15) is 5.75 Å². The minimum absolute atomic E-state index is 0.100. The minimum Gasteiger partial charge on any atom is -0.507 e. The van der Waals surface area contributed by atoms with Gasteiger partial charge in [0.2, 0.25) is 6.79 Å². The lowest BCUT2D eigenvalue weighted by Gasteiger charge is -2.29. The highest BCUT2D eigenvalue weighted by molar-refractivity contribution is 6.42. The molecule has 0 aliphatic carbocycles. The van der Waals surface area contributed by atoms with E-state index in [0.717, 1.165) is 37.1 Å². The molecule has 1 fully saturated rings. The number of aromatic hydroxyl groups is 1. The maximum absolute atomic E-state index is 10.6. The molecule has 6 heteroatoms. The molecule has 0 radical (unpaired) electrons. The van der Waals surface area contributed by atoms with E-state index < -0.39 is 0 Å². The topological polar surface area (TPSA) is 41.9 Å². The fraction of sp³-hybridized carbons (Fsp3) is 0.333. The van der Waals surface area contributed by atoms with E-state index in [1.165, 1.54) is 0 Å². The molecule has 0 aromatic heterocycles. The van der Waals surface area contributed by atoms with Gasteiger partial charge in [-0.15, -0.1) is 0 Å². The predicted molar refractivity (Wildman–Crippen MR) is 93.3 cm³/mol. The summed E-state index contributed by atoms with van der Waals surface area (Å²) in [7, 11) is 0. The van der Waals surface area contributed by atoms with Gasteiger partial charge < -0.3 is 14.6 Å². The van der Waals surface area contributed by atoms with Gasteiger partial charge in [0.15, 0.2) is 11.5 Å². The third-order valence-corrected chi connectivity index (χ3v) is 5.32. The van der Waals surface area contributed by atoms with Gasteiger partial charge >= 0.3 is 0 Å². The Balaban J connectivity index is 1.82. The van der Waals surface area contributed by atoms with Crippen LogP contribution in [0.3, 0.4) is 0 Å². The molecular formula is C18H17Cl2NO3. The SMILES string of the molecule is Oc1cc2c(cc1[C@@H](c1ccc(Cl)c(Cl)c1)N1CCCC1)OCO2. The summed E-state index contributed by atoms with van der Waals surface area (Å²) in [5, 5.41) is 11.6. The third kappa shape index (κ3) is 2.79. The molecule has 2 aromatic rings. The van der Waals surface area contributed by atoms with Crippen LogP contribution in [0.5, 0.6) is 17.2 Å². The van der Waals surface area contributed by atoms with Crippen LogP contribution in [0.15, 0.2) is 30.3 Å². The van der Waals surface area contributed by atoms with Crippen LogP contribution in [0.1, 0.15) is 30.0 Å². The number of likely N-dealkylation sites (tertiary alicyclic amines) is 1. The van der Waals surface area contributed by atoms with Crippen molar-refractivity contribution >= 4 is 23.2 Å². The van der Waals surface area contributed by atoms with Crippen molar-refractivity contribution in [3.8, 4) is 17.2 Å². The van der Waals surface area contributed by atoms with Crippen LogP contribution in [-0.2, 0) is 0 Å². The van der Waals surface area contributed by atoms with Crippen molar-refractivity contribution in [1.29, 1.82) is 0 Å². The summed E-state index contributed by atoms with van der Waals surface area (Å²) in [5.41, 5.74) is 1.79. The monoisotopic (exact) mass is 365 g/mol. The Labute approximate surface area is 150 Å². The molecule has 0 bridgehead atoms. The van der Waals surface area contributed by atoms with Gasteiger partial charge in [0, 0.05) is 11.6 Å². The number of fused-ring (bicyclic) bond motifs is 1. The highest BCUT2D eigenvalue weighted by Gasteiger charge is 2.30. The first-order valence-corrected chi connectivity index (χ1v) is 8.70. The number of halogens is 2. The molecule has 0 amide bonds. The molecule has 1 N–H and O–H groups in total. The average molecular weight is 366 g/mol. The van der Waals surface area contributed by atoms with E-state index in [4.69, 9.17) is 32.7 Å². The Morgan fingerprint density at radius 3 is 2.38 bits per heavy atom. The van der Waals surface area contributed by atoms with E-state index in [1.54, 1.807) is 12.1 Å². The first kappa shape index (κ1) is 15.9. The Bertz CT molecular complexity index is 775. The van der Waals surface area contributed by atoms with Crippen molar-refractivity contribution in [2.45, 2.75) is 18.9 Å². The first-order chi connectivity index (χ1) is 11.6. The van der Waals surface area contributed by atoms with E-state index in [0.29, 0.717) is 21.5 Å². The molecule has 1 saturated heterocycles. The van der Waals surface area contributed by atoms with Crippen molar-refractivity contribution in [2.75, 3.05) is 19.9 Å². The standard InChI is InChI=1S/C18H17Cl2NO3/c19-13-4-3-11(7-14(13)20)18(21-5-1-2-6-21)12-8-16-17(9-15(12)22)24-10-23-16/h3-4,7-9,18,22H,1-2,5-6,10H2/t18-/m1/s1. The predicted octanol–water partition coefficient (Wildman–Crippen LogP) is 4.61. The Hall–Kier alpha value is -1.62. The molecule has 1 atom stereocenters. The van der Waals surface area contributed by atoms with Crippen LogP contribution in [0.25, 0.3) is 0 Å². The van der Waals surface area contributed by atoms with Gasteiger partial charge in [0.05, 0.1) is 16.1 Å². The highest BCUT2D eigenvalue weighted by atomic mass is 35.5. The van der Waals surface area contributed by atoms with Gasteiger partial charge in [-0.1, -0.05) is 29.3 Å². The summed E-state index contributed by atoms with van der Waals surface area (Å²) in [6.45, 7) is 2.12. The summed E-state index contributed by atoms with van der Waals surface area (Å²) in [6, 6.07) is 9.02. The summed E-state index contributed by atoms with van der Waals surface area (Å²) < 4.78 is 10.8. The van der Waals surface area contributed by atoms with Crippen molar-refractivity contribution in [3.63, 3.8) is 0 Å². The van der Waals surface area contributed by atoms with Crippen molar-refractivity contribution < 1.29 is 14.6 Å². The van der Waals surface area contributed by atoms with E-state index in [9.17, 15) is 5.11 Å². The molecule has 0 unspecified atom stereocenters. The van der Waals surface area contributed by atoms with Crippen molar-refractivity contribution in [3.05, 3.63) is 51.5 Å². The highest BCUT2D eigenvalue weighted by Crippen LogP contribution is 2.44. The maximum Gasteiger partial charge on any atom is 0.231 e. The number of hydrogen-bond donors (Lipinski definition) is 1. The molecule has 2 aromatic carbocycles. The third-order valence-electron chi connectivity index (χ3n) is 4.58. The lowest BCUT2D eigenvalue weighted by atomic mass is 9.96. The second-order valence-electron chi connectivity index (χ2n) is 6.08. The zero-order valence-electron chi connectivity index (χ0n) is 13.0. The van der Waals surface area contributed by atoms with Crippen LogP contribution in [0, 0.1) is 0 Å². The zero-order valence-corrected chi connectivity index (χ0v) is 14.5. The van der Waals surface area contributed by atoms with Crippen molar-refractivity contribution in [1.82, 2.24) is 4.90 Å². The summed E-state index contributed by atoms with van der Waals surface area (Å²) in [4.78, 5) is 2.34. The van der Waals surface area contributed by atoms with Gasteiger partial charge in [-0.2, -0.15) is 0 Å². The Morgan fingerprint density at radius 2 is 1.67 bits per heavy atom. The quantitative estimate of drug-likeness (QED) is 0.861. The largest absolute Gasteiger partial charge is 0.507 e. The van der Waals surface area contributed by atoms with Gasteiger partial charge in [-0.3, -0.25) is 4.90 Å². The number of rotatable bonds is 3. The van der Waals surface area contributed by atoms with Crippen molar-refractivity contribution in [2.24, 2.45) is 0 Å². The van der Waals surface area contributed by atoms with Gasteiger partial charge in [0.25, 0.3) is 0 Å². The van der Waals surface area contributed by atoms with Crippen LogP contribution >= 0.6 is 23.2 Å². The average Bonchev–Trinajstić information content (AvgIpc) is 3.23. The van der Waals surface area contributed by atoms with E-state index in [2.05, 4.69) is 4.90 Å². The van der Waals surface area contributed by atoms with Gasteiger partial charge in [-0.05, 0) is 49.7 Å². The van der Waals surface area contributed by atoms with E-state index >= 15 is 0 Å². The Morgan fingerprint density at radius 1 is 0.958 bits per heavy atom. The summed E-state index contributed by atoms with van der Waals surface area (Å²) in [5.74, 6) is 1.43. The van der Waals surface area contributed by atoms with E-state index in [1.807, 2.05) is 18.2 Å². The van der Waals surface area contributed by atoms with Crippen LogP contribution < -0.4 is 9.47 Å². The van der Waals surface area contributed by atoms with Crippen LogP contribution in [0.2, 0.25) is 10.0 Å². The number of phenols is 1. The molecule has 4 nitrogen and oxygen atoms in total. The molecule has 2 aliphatic rings. The number of nitrogens with zero attached hydrogens (tertiary/aromatic N) is 1. The number of phenolic OH excluding ortho intramolecular Hbond substituents is 1. The van der Waals surface area contributed by atoms with Gasteiger partial charge in [-0.25, -0.2) is 0 Å². The normalized spacial score (nSPS) is 18.1. The lowest BCUT2D eigenvalue weighted by molar-refractivity contribution is 0.173. The second kappa shape index (κ2) is 6.36. The molecule has 2 heterocycles. The number of hydrogen-bond acceptors (Lipinski definition) is 4. The minimum atomic E-state index is -0.100. The number of benzene rings is 2. The lowest BCUT2D eigenvalue weighted by Crippen LogP contribution is -2.26. The Kier molecular flexibility index (Phi) is 4.21. The fourth-order valence-corrected chi connectivity index (χ4v) is 3.74. The van der Waals surface area contributed by atoms with Crippen LogP contribution in [0.4, 0.5) is 0 Å². The molecule has 0 saturated carbocycles.